The molecule has 0 fully saturated rings. The van der Waals surface area contributed by atoms with Gasteiger partial charge in [-0.25, -0.2) is 13.1 Å². The molecule has 0 saturated heterocycles. The Morgan fingerprint density at radius 1 is 1.33 bits per heavy atom. The first-order valence-electron chi connectivity index (χ1n) is 5.27. The number of hydrogen-bond acceptors (Lipinski definition) is 5. The third-order valence-electron chi connectivity index (χ3n) is 2.26. The van der Waals surface area contributed by atoms with E-state index in [9.17, 15) is 13.2 Å². The van der Waals surface area contributed by atoms with Crippen LogP contribution >= 0.6 is 0 Å². The molecule has 0 unspecified atom stereocenters. The van der Waals surface area contributed by atoms with E-state index in [1.807, 2.05) is 0 Å². The summed E-state index contributed by atoms with van der Waals surface area (Å²) in [6, 6.07) is 6.23. The monoisotopic (exact) mass is 272 g/mol. The molecule has 0 spiro atoms. The van der Waals surface area contributed by atoms with Crippen molar-refractivity contribution in [3.63, 3.8) is 0 Å². The van der Waals surface area contributed by atoms with E-state index >= 15 is 0 Å². The number of carbonyl (C=O) groups excluding carboxylic acids is 1. The number of hydrogen-bond donors (Lipinski definition) is 4. The number of amides is 1. The van der Waals surface area contributed by atoms with Gasteiger partial charge in [0.05, 0.1) is 5.69 Å². The smallest absolute Gasteiger partial charge is 0.242 e. The highest BCUT2D eigenvalue weighted by Gasteiger charge is 2.17. The predicted octanol–water partition coefficient (Wildman–Crippen LogP) is -0.613. The molecule has 0 aliphatic carbocycles. The van der Waals surface area contributed by atoms with Crippen LogP contribution in [-0.2, 0) is 14.8 Å². The SMILES string of the molecule is CNC(=O)CCNS(=O)(=O)c1ccccc1NN. The number of sulfonamides is 1. The highest BCUT2D eigenvalue weighted by molar-refractivity contribution is 7.89. The third-order valence-corrected chi connectivity index (χ3v) is 3.77. The molecular formula is C10H16N4O3S. The molecule has 1 amide bonds. The Hall–Kier alpha value is -1.64. The Morgan fingerprint density at radius 2 is 2.00 bits per heavy atom. The first-order valence-corrected chi connectivity index (χ1v) is 6.75. The van der Waals surface area contributed by atoms with E-state index in [4.69, 9.17) is 5.84 Å². The number of hydrazine groups is 1. The lowest BCUT2D eigenvalue weighted by Gasteiger charge is -2.10. The maximum Gasteiger partial charge on any atom is 0.242 e. The zero-order chi connectivity index (χ0) is 13.6. The molecule has 0 saturated carbocycles. The van der Waals surface area contributed by atoms with E-state index in [2.05, 4.69) is 15.5 Å². The van der Waals surface area contributed by atoms with Gasteiger partial charge >= 0.3 is 0 Å². The van der Waals surface area contributed by atoms with Gasteiger partial charge in [-0.2, -0.15) is 0 Å². The fourth-order valence-corrected chi connectivity index (χ4v) is 2.52. The topological polar surface area (TPSA) is 113 Å². The zero-order valence-electron chi connectivity index (χ0n) is 9.93. The summed E-state index contributed by atoms with van der Waals surface area (Å²) >= 11 is 0. The van der Waals surface area contributed by atoms with Crippen molar-refractivity contribution in [2.75, 3.05) is 19.0 Å². The molecule has 0 radical (unpaired) electrons. The highest BCUT2D eigenvalue weighted by atomic mass is 32.2. The third kappa shape index (κ3) is 3.69. The van der Waals surface area contributed by atoms with Crippen molar-refractivity contribution in [3.05, 3.63) is 24.3 Å². The van der Waals surface area contributed by atoms with E-state index in [1.54, 1.807) is 18.2 Å². The Balaban J connectivity index is 2.77. The van der Waals surface area contributed by atoms with Gasteiger partial charge in [-0.3, -0.25) is 10.6 Å². The maximum absolute atomic E-state index is 11.9. The molecule has 0 bridgehead atoms. The summed E-state index contributed by atoms with van der Waals surface area (Å²) in [5.41, 5.74) is 2.61. The second-order valence-corrected chi connectivity index (χ2v) is 5.20. The lowest BCUT2D eigenvalue weighted by atomic mass is 10.3. The number of benzene rings is 1. The van der Waals surface area contributed by atoms with Crippen LogP contribution in [0.3, 0.4) is 0 Å². The Morgan fingerprint density at radius 3 is 2.61 bits per heavy atom. The number of nitrogen functional groups attached to an aromatic ring is 1. The number of nitrogens with one attached hydrogen (secondary N) is 3. The van der Waals surface area contributed by atoms with Crippen LogP contribution in [0.4, 0.5) is 5.69 Å². The molecule has 0 atom stereocenters. The van der Waals surface area contributed by atoms with Crippen molar-refractivity contribution in [3.8, 4) is 0 Å². The van der Waals surface area contributed by atoms with Gasteiger partial charge in [0.15, 0.2) is 0 Å². The molecule has 8 heteroatoms. The molecule has 7 nitrogen and oxygen atoms in total. The Labute approximate surface area is 106 Å². The van der Waals surface area contributed by atoms with E-state index in [-0.39, 0.29) is 23.8 Å². The molecule has 0 aromatic heterocycles. The van der Waals surface area contributed by atoms with Crippen LogP contribution in [0.25, 0.3) is 0 Å². The number of nitrogens with two attached hydrogens (primary N) is 1. The number of para-hydroxylation sites is 1. The van der Waals surface area contributed by atoms with Crippen LogP contribution < -0.4 is 21.3 Å². The fourth-order valence-electron chi connectivity index (χ4n) is 1.32. The van der Waals surface area contributed by atoms with Crippen molar-refractivity contribution < 1.29 is 13.2 Å². The van der Waals surface area contributed by atoms with Gasteiger partial charge in [0, 0.05) is 20.0 Å². The highest BCUT2D eigenvalue weighted by Crippen LogP contribution is 2.19. The number of anilines is 1. The van der Waals surface area contributed by atoms with Gasteiger partial charge in [0.1, 0.15) is 4.90 Å². The summed E-state index contributed by atoms with van der Waals surface area (Å²) in [5.74, 6) is 5.01. The normalized spacial score (nSPS) is 11.0. The van der Waals surface area contributed by atoms with Crippen LogP contribution in [0.1, 0.15) is 6.42 Å². The van der Waals surface area contributed by atoms with E-state index in [0.717, 1.165) is 0 Å². The second kappa shape index (κ2) is 6.34. The predicted molar refractivity (Wildman–Crippen MR) is 68.1 cm³/mol. The minimum Gasteiger partial charge on any atom is -0.359 e. The molecule has 100 valence electrons. The van der Waals surface area contributed by atoms with Gasteiger partial charge in [-0.1, -0.05) is 12.1 Å². The number of rotatable bonds is 6. The zero-order valence-corrected chi connectivity index (χ0v) is 10.8. The first kappa shape index (κ1) is 14.4. The molecular weight excluding hydrogens is 256 g/mol. The maximum atomic E-state index is 11.9. The molecule has 1 rings (SSSR count). The Bertz CT molecular complexity index is 516. The van der Waals surface area contributed by atoms with Crippen molar-refractivity contribution in [1.82, 2.24) is 10.0 Å². The number of carbonyl (C=O) groups is 1. The van der Waals surface area contributed by atoms with Crippen molar-refractivity contribution in [1.29, 1.82) is 0 Å². The average molecular weight is 272 g/mol. The van der Waals surface area contributed by atoms with Gasteiger partial charge in [0.25, 0.3) is 0 Å². The minimum absolute atomic E-state index is 0.0287. The molecule has 1 aromatic rings. The summed E-state index contributed by atoms with van der Waals surface area (Å²) in [5, 5.41) is 2.41. The summed E-state index contributed by atoms with van der Waals surface area (Å²) < 4.78 is 26.2. The lowest BCUT2D eigenvalue weighted by Crippen LogP contribution is -2.30. The summed E-state index contributed by atoms with van der Waals surface area (Å²) in [7, 11) is -2.19. The van der Waals surface area contributed by atoms with Crippen LogP contribution in [0, 0.1) is 0 Å². The van der Waals surface area contributed by atoms with Crippen LogP contribution in [0.5, 0.6) is 0 Å². The molecule has 18 heavy (non-hydrogen) atoms. The van der Waals surface area contributed by atoms with Crippen molar-refractivity contribution in [2.45, 2.75) is 11.3 Å². The Kier molecular flexibility index (Phi) is 5.08. The quantitative estimate of drug-likeness (QED) is 0.407. The van der Waals surface area contributed by atoms with Gasteiger partial charge in [-0.05, 0) is 12.1 Å². The van der Waals surface area contributed by atoms with Crippen molar-refractivity contribution >= 4 is 21.6 Å². The largest absolute Gasteiger partial charge is 0.359 e. The lowest BCUT2D eigenvalue weighted by molar-refractivity contribution is -0.120. The van der Waals surface area contributed by atoms with E-state index < -0.39 is 10.0 Å². The van der Waals surface area contributed by atoms with Crippen LogP contribution in [-0.4, -0.2) is 27.9 Å². The second-order valence-electron chi connectivity index (χ2n) is 3.46. The van der Waals surface area contributed by atoms with Gasteiger partial charge in [0.2, 0.25) is 15.9 Å². The molecule has 0 aliphatic rings. The van der Waals surface area contributed by atoms with Crippen LogP contribution in [0.2, 0.25) is 0 Å². The molecule has 1 aromatic carbocycles. The average Bonchev–Trinajstić information content (AvgIpc) is 2.38. The summed E-state index contributed by atoms with van der Waals surface area (Å²) in [6.07, 6.45) is 0.0773. The molecule has 5 N–H and O–H groups in total. The van der Waals surface area contributed by atoms with Crippen LogP contribution in [0.15, 0.2) is 29.2 Å². The van der Waals surface area contributed by atoms with Crippen molar-refractivity contribution in [2.24, 2.45) is 5.84 Å². The molecule has 0 aliphatic heterocycles. The summed E-state index contributed by atoms with van der Waals surface area (Å²) in [4.78, 5) is 11.0. The fraction of sp³-hybridized carbons (Fsp3) is 0.300. The first-order chi connectivity index (χ1) is 8.51. The standard InChI is InChI=1S/C10H16N4O3S/c1-12-10(15)6-7-13-18(16,17)9-5-3-2-4-8(9)14-11/h2-5,13-14H,6-7,11H2,1H3,(H,12,15). The van der Waals surface area contributed by atoms with E-state index in [0.29, 0.717) is 5.69 Å². The van der Waals surface area contributed by atoms with E-state index in [1.165, 1.54) is 13.1 Å². The summed E-state index contributed by atoms with van der Waals surface area (Å²) in [6.45, 7) is 0.0287. The van der Waals surface area contributed by atoms with Gasteiger partial charge < -0.3 is 10.7 Å². The minimum atomic E-state index is -3.68. The molecule has 0 heterocycles. The van der Waals surface area contributed by atoms with Gasteiger partial charge in [-0.15, -0.1) is 0 Å².